The molecule has 0 radical (unpaired) electrons. The van der Waals surface area contributed by atoms with Gasteiger partial charge in [-0.3, -0.25) is 4.90 Å². The second-order valence-electron chi connectivity index (χ2n) is 14.0. The molecule has 1 N–H and O–H groups in total. The van der Waals surface area contributed by atoms with Gasteiger partial charge in [-0.1, -0.05) is 81.4 Å². The van der Waals surface area contributed by atoms with Crippen LogP contribution in [0.4, 0.5) is 4.79 Å². The number of benzene rings is 2. The Balaban J connectivity index is 2.06. The van der Waals surface area contributed by atoms with E-state index in [1.165, 1.54) is 4.90 Å². The first kappa shape index (κ1) is 32.8. The minimum atomic E-state index is -2.86. The van der Waals surface area contributed by atoms with Crippen LogP contribution >= 0.6 is 0 Å². The molecular weight excluding hydrogens is 534 g/mol. The molecule has 2 aromatic rings. The molecule has 0 unspecified atom stereocenters. The number of ether oxygens (including phenoxy) is 2. The molecule has 226 valence electrons. The minimum absolute atomic E-state index is 0.138. The summed E-state index contributed by atoms with van der Waals surface area (Å²) >= 11 is 0. The van der Waals surface area contributed by atoms with E-state index in [1.807, 2.05) is 57.2 Å². The third-order valence-corrected chi connectivity index (χ3v) is 12.4. The number of aliphatic hydroxyl groups is 1. The van der Waals surface area contributed by atoms with Gasteiger partial charge in [-0.15, -0.1) is 0 Å². The summed E-state index contributed by atoms with van der Waals surface area (Å²) in [5.41, 5.74) is -1.46. The van der Waals surface area contributed by atoms with Crippen molar-refractivity contribution in [2.75, 3.05) is 13.2 Å². The summed E-state index contributed by atoms with van der Waals surface area (Å²) in [5, 5.41) is 12.2. The Morgan fingerprint density at radius 1 is 0.829 bits per heavy atom. The highest BCUT2D eigenvalue weighted by Crippen LogP contribution is 2.40. The molecule has 1 aliphatic rings. The molecule has 1 heterocycles. The number of esters is 1. The predicted octanol–water partition coefficient (Wildman–Crippen LogP) is 5.28. The molecule has 1 aliphatic heterocycles. The summed E-state index contributed by atoms with van der Waals surface area (Å²) in [7, 11) is -2.86. The highest BCUT2D eigenvalue weighted by atomic mass is 28.4. The highest BCUT2D eigenvalue weighted by molar-refractivity contribution is 6.99. The Labute approximate surface area is 247 Å². The molecule has 1 saturated heterocycles. The Bertz CT molecular complexity index is 1110. The number of likely N-dealkylation sites (tertiary alicyclic amines) is 1. The normalized spacial score (nSPS) is 20.1. The zero-order valence-corrected chi connectivity index (χ0v) is 27.3. The Hall–Kier alpha value is -2.68. The fraction of sp³-hybridized carbons (Fsp3) is 0.576. The molecule has 41 heavy (non-hydrogen) atoms. The predicted molar refractivity (Wildman–Crippen MR) is 165 cm³/mol. The number of hydrogen-bond acceptors (Lipinski definition) is 6. The number of nitrogens with zero attached hydrogens (tertiary/aromatic N) is 1. The van der Waals surface area contributed by atoms with E-state index in [-0.39, 0.29) is 17.6 Å². The zero-order valence-electron chi connectivity index (χ0n) is 26.3. The molecule has 0 spiro atoms. The Morgan fingerprint density at radius 3 is 1.73 bits per heavy atom. The van der Waals surface area contributed by atoms with Gasteiger partial charge in [-0.25, -0.2) is 9.59 Å². The molecule has 2 aromatic carbocycles. The van der Waals surface area contributed by atoms with Gasteiger partial charge in [0.25, 0.3) is 8.32 Å². The minimum Gasteiger partial charge on any atom is -0.458 e. The van der Waals surface area contributed by atoms with Gasteiger partial charge in [-0.05, 0) is 69.8 Å². The van der Waals surface area contributed by atoms with Crippen LogP contribution in [0.15, 0.2) is 60.7 Å². The van der Waals surface area contributed by atoms with Crippen LogP contribution in [0, 0.1) is 5.92 Å². The molecule has 0 bridgehead atoms. The monoisotopic (exact) mass is 583 g/mol. The lowest BCUT2D eigenvalue weighted by Gasteiger charge is -2.44. The Kier molecular flexibility index (Phi) is 10.1. The standard InChI is InChI=1S/C33H49NO6Si/c1-31(2,3)39-29(36)28-22-24(27(20-21-35)34(28)30(37)40-32(4,5)6)23-38-41(33(7,8)9,25-16-12-10-13-17-25)26-18-14-11-15-19-26/h10-19,24,27-28,35H,20-23H2,1-9H3/t24-,27+,28+/m0/s1. The van der Waals surface area contributed by atoms with E-state index in [2.05, 4.69) is 45.0 Å². The van der Waals surface area contributed by atoms with Gasteiger partial charge < -0.3 is 19.0 Å². The maximum atomic E-state index is 13.6. The molecular formula is C33H49NO6Si. The molecule has 0 aliphatic carbocycles. The van der Waals surface area contributed by atoms with Gasteiger partial charge in [0, 0.05) is 25.2 Å². The maximum Gasteiger partial charge on any atom is 0.411 e. The van der Waals surface area contributed by atoms with Gasteiger partial charge in [0.15, 0.2) is 0 Å². The quantitative estimate of drug-likeness (QED) is 0.336. The third-order valence-electron chi connectivity index (χ3n) is 7.40. The Morgan fingerprint density at radius 2 is 1.32 bits per heavy atom. The number of aliphatic hydroxyl groups excluding tert-OH is 1. The van der Waals surface area contributed by atoms with Crippen LogP contribution in [0.5, 0.6) is 0 Å². The summed E-state index contributed by atoms with van der Waals surface area (Å²) in [4.78, 5) is 28.5. The van der Waals surface area contributed by atoms with Crippen molar-refractivity contribution in [2.45, 2.75) is 103 Å². The van der Waals surface area contributed by atoms with Crippen molar-refractivity contribution in [1.82, 2.24) is 4.90 Å². The molecule has 1 amide bonds. The van der Waals surface area contributed by atoms with Gasteiger partial charge in [0.2, 0.25) is 0 Å². The van der Waals surface area contributed by atoms with Crippen molar-refractivity contribution in [1.29, 1.82) is 0 Å². The maximum absolute atomic E-state index is 13.6. The lowest BCUT2D eigenvalue weighted by Crippen LogP contribution is -2.67. The second kappa shape index (κ2) is 12.7. The van der Waals surface area contributed by atoms with Crippen LogP contribution in [0.2, 0.25) is 5.04 Å². The van der Waals surface area contributed by atoms with Crippen molar-refractivity contribution >= 4 is 30.8 Å². The molecule has 3 rings (SSSR count). The highest BCUT2D eigenvalue weighted by Gasteiger charge is 2.53. The zero-order chi connectivity index (χ0) is 30.6. The van der Waals surface area contributed by atoms with Crippen LogP contribution in [-0.2, 0) is 18.7 Å². The van der Waals surface area contributed by atoms with Crippen LogP contribution in [0.25, 0.3) is 0 Å². The van der Waals surface area contributed by atoms with Gasteiger partial charge in [0.1, 0.15) is 17.2 Å². The first-order valence-corrected chi connectivity index (χ1v) is 16.5. The summed E-state index contributed by atoms with van der Waals surface area (Å²) in [5.74, 6) is -0.687. The van der Waals surface area contributed by atoms with Crippen LogP contribution in [0.1, 0.15) is 75.2 Å². The number of rotatable bonds is 8. The summed E-state index contributed by atoms with van der Waals surface area (Å²) in [6, 6.07) is 19.5. The summed E-state index contributed by atoms with van der Waals surface area (Å²) < 4.78 is 18.7. The lowest BCUT2D eigenvalue weighted by molar-refractivity contribution is -0.160. The van der Waals surface area contributed by atoms with Crippen molar-refractivity contribution in [2.24, 2.45) is 5.92 Å². The van der Waals surface area contributed by atoms with E-state index in [9.17, 15) is 14.7 Å². The number of carbonyl (C=O) groups is 2. The van der Waals surface area contributed by atoms with E-state index in [1.54, 1.807) is 20.8 Å². The van der Waals surface area contributed by atoms with E-state index in [4.69, 9.17) is 13.9 Å². The first-order valence-electron chi connectivity index (χ1n) is 14.6. The van der Waals surface area contributed by atoms with Crippen LogP contribution in [0.3, 0.4) is 0 Å². The van der Waals surface area contributed by atoms with Crippen LogP contribution < -0.4 is 10.4 Å². The number of amides is 1. The van der Waals surface area contributed by atoms with Crippen molar-refractivity contribution in [3.63, 3.8) is 0 Å². The topological polar surface area (TPSA) is 85.3 Å². The first-order chi connectivity index (χ1) is 19.0. The average molecular weight is 584 g/mol. The van der Waals surface area contributed by atoms with Gasteiger partial charge in [0.05, 0.1) is 0 Å². The van der Waals surface area contributed by atoms with Gasteiger partial charge >= 0.3 is 12.1 Å². The molecule has 1 fully saturated rings. The molecule has 8 heteroatoms. The molecule has 0 saturated carbocycles. The molecule has 0 aromatic heterocycles. The molecule has 3 atom stereocenters. The second-order valence-corrected chi connectivity index (χ2v) is 18.3. The summed E-state index contributed by atoms with van der Waals surface area (Å²) in [6.45, 7) is 17.7. The number of hydrogen-bond donors (Lipinski definition) is 1. The fourth-order valence-electron chi connectivity index (χ4n) is 5.85. The van der Waals surface area contributed by atoms with Crippen molar-refractivity contribution in [3.8, 4) is 0 Å². The smallest absolute Gasteiger partial charge is 0.411 e. The van der Waals surface area contributed by atoms with E-state index in [0.29, 0.717) is 19.4 Å². The average Bonchev–Trinajstić information content (AvgIpc) is 3.22. The SMILES string of the molecule is CC(C)(C)OC(=O)[C@H]1C[C@@H](CO[Si](c2ccccc2)(c2ccccc2)C(C)(C)C)[C@@H](CCO)N1C(=O)OC(C)(C)C. The van der Waals surface area contributed by atoms with Gasteiger partial charge in [-0.2, -0.15) is 0 Å². The number of carbonyl (C=O) groups excluding carboxylic acids is 2. The van der Waals surface area contributed by atoms with Crippen molar-refractivity contribution < 1.29 is 28.6 Å². The summed E-state index contributed by atoms with van der Waals surface area (Å²) in [6.07, 6.45) is 0.0735. The van der Waals surface area contributed by atoms with Crippen molar-refractivity contribution in [3.05, 3.63) is 60.7 Å². The molecule has 7 nitrogen and oxygen atoms in total. The van der Waals surface area contributed by atoms with E-state index in [0.717, 1.165) is 10.4 Å². The van der Waals surface area contributed by atoms with Crippen LogP contribution in [-0.4, -0.2) is 66.9 Å². The van der Waals surface area contributed by atoms with E-state index < -0.39 is 43.7 Å². The van der Waals surface area contributed by atoms with E-state index >= 15 is 0 Å². The largest absolute Gasteiger partial charge is 0.458 e. The third kappa shape index (κ3) is 7.79. The lowest BCUT2D eigenvalue weighted by atomic mass is 9.98. The fourth-order valence-corrected chi connectivity index (χ4v) is 10.5.